The number of ether oxygens (including phenoxy) is 1. The van der Waals surface area contributed by atoms with E-state index >= 15 is 0 Å². The van der Waals surface area contributed by atoms with E-state index in [1.165, 1.54) is 6.07 Å². The van der Waals surface area contributed by atoms with Gasteiger partial charge >= 0.3 is 0 Å². The zero-order valence-corrected chi connectivity index (χ0v) is 14.1. The Labute approximate surface area is 143 Å². The first-order valence-corrected chi connectivity index (χ1v) is 7.75. The van der Waals surface area contributed by atoms with Gasteiger partial charge in [-0.25, -0.2) is 8.78 Å². The zero-order chi connectivity index (χ0) is 18.2. The van der Waals surface area contributed by atoms with Crippen LogP contribution in [0.25, 0.3) is 10.9 Å². The number of hydrogen-bond donors (Lipinski definition) is 2. The molecular weight excluding hydrogens is 326 g/mol. The molecule has 1 aromatic heterocycles. The lowest BCUT2D eigenvalue weighted by atomic mass is 9.83. The van der Waals surface area contributed by atoms with Crippen molar-refractivity contribution in [3.63, 3.8) is 0 Å². The van der Waals surface area contributed by atoms with Crippen LogP contribution in [-0.2, 0) is 10.2 Å². The first kappa shape index (κ1) is 17.0. The number of halogens is 2. The number of anilines is 1. The van der Waals surface area contributed by atoms with Gasteiger partial charge in [0.1, 0.15) is 17.4 Å². The van der Waals surface area contributed by atoms with Gasteiger partial charge in [0.15, 0.2) is 0 Å². The van der Waals surface area contributed by atoms with Crippen LogP contribution in [0.4, 0.5) is 14.5 Å². The molecule has 1 heterocycles. The number of carbonyl (C=O) groups excluding carboxylic acids is 1. The summed E-state index contributed by atoms with van der Waals surface area (Å²) in [5, 5.41) is 3.38. The number of H-pyrrole nitrogens is 1. The third-order valence-electron chi connectivity index (χ3n) is 4.31. The number of benzene rings is 2. The van der Waals surface area contributed by atoms with Crippen LogP contribution < -0.4 is 10.1 Å². The van der Waals surface area contributed by atoms with Gasteiger partial charge in [0, 0.05) is 23.2 Å². The Morgan fingerprint density at radius 2 is 1.92 bits per heavy atom. The topological polar surface area (TPSA) is 54.1 Å². The Morgan fingerprint density at radius 1 is 1.16 bits per heavy atom. The molecule has 0 saturated carbocycles. The Balaban J connectivity index is 1.96. The van der Waals surface area contributed by atoms with Crippen LogP contribution >= 0.6 is 0 Å². The lowest BCUT2D eigenvalue weighted by Crippen LogP contribution is -2.34. The molecule has 0 aliphatic rings. The number of nitrogens with one attached hydrogen (secondary N) is 2. The van der Waals surface area contributed by atoms with Crippen molar-refractivity contribution in [3.8, 4) is 5.75 Å². The highest BCUT2D eigenvalue weighted by molar-refractivity contribution is 6.02. The van der Waals surface area contributed by atoms with E-state index in [1.54, 1.807) is 27.2 Å². The van der Waals surface area contributed by atoms with E-state index in [4.69, 9.17) is 4.74 Å². The predicted octanol–water partition coefficient (Wildman–Crippen LogP) is 4.37. The van der Waals surface area contributed by atoms with Gasteiger partial charge in [-0.15, -0.1) is 0 Å². The average Bonchev–Trinajstić information content (AvgIpc) is 3.00. The second-order valence-corrected chi connectivity index (χ2v) is 6.32. The third kappa shape index (κ3) is 3.07. The highest BCUT2D eigenvalue weighted by atomic mass is 19.1. The molecule has 0 spiro atoms. The van der Waals surface area contributed by atoms with E-state index in [0.29, 0.717) is 5.75 Å². The standard InChI is InChI=1S/C19H18F2N2O2/c1-19(2,18(24)23-17-6-4-11(20)8-15(17)21)14-10-22-16-7-5-12(25-3)9-13(14)16/h4-10,22H,1-3H3,(H,23,24). The summed E-state index contributed by atoms with van der Waals surface area (Å²) in [6.45, 7) is 3.48. The molecule has 2 N–H and O–H groups in total. The Morgan fingerprint density at radius 3 is 2.60 bits per heavy atom. The third-order valence-corrected chi connectivity index (χ3v) is 4.31. The number of aromatic nitrogens is 1. The minimum absolute atomic E-state index is 0.0584. The quantitative estimate of drug-likeness (QED) is 0.738. The smallest absolute Gasteiger partial charge is 0.234 e. The molecule has 0 atom stereocenters. The van der Waals surface area contributed by atoms with Crippen LogP contribution in [0.3, 0.4) is 0 Å². The van der Waals surface area contributed by atoms with Crippen LogP contribution in [0.15, 0.2) is 42.6 Å². The summed E-state index contributed by atoms with van der Waals surface area (Å²) in [4.78, 5) is 15.9. The molecule has 2 aromatic carbocycles. The Hall–Kier alpha value is -2.89. The van der Waals surface area contributed by atoms with Crippen molar-refractivity contribution >= 4 is 22.5 Å². The Kier molecular flexibility index (Phi) is 4.20. The molecule has 3 aromatic rings. The molecule has 4 nitrogen and oxygen atoms in total. The number of rotatable bonds is 4. The summed E-state index contributed by atoms with van der Waals surface area (Å²) >= 11 is 0. The van der Waals surface area contributed by atoms with Gasteiger partial charge in [-0.05, 0) is 49.7 Å². The van der Waals surface area contributed by atoms with E-state index in [2.05, 4.69) is 10.3 Å². The van der Waals surface area contributed by atoms with Crippen molar-refractivity contribution in [2.75, 3.05) is 12.4 Å². The van der Waals surface area contributed by atoms with E-state index < -0.39 is 23.0 Å². The molecule has 0 unspecified atom stereocenters. The molecule has 130 valence electrons. The second kappa shape index (κ2) is 6.20. The fourth-order valence-electron chi connectivity index (χ4n) is 2.74. The maximum absolute atomic E-state index is 13.8. The molecular formula is C19H18F2N2O2. The number of methoxy groups -OCH3 is 1. The zero-order valence-electron chi connectivity index (χ0n) is 14.1. The van der Waals surface area contributed by atoms with Crippen molar-refractivity contribution in [1.29, 1.82) is 0 Å². The van der Waals surface area contributed by atoms with Crippen molar-refractivity contribution in [2.24, 2.45) is 0 Å². The molecule has 0 fully saturated rings. The highest BCUT2D eigenvalue weighted by Crippen LogP contribution is 2.33. The van der Waals surface area contributed by atoms with Gasteiger partial charge in [-0.1, -0.05) is 0 Å². The fourth-order valence-corrected chi connectivity index (χ4v) is 2.74. The van der Waals surface area contributed by atoms with Crippen LogP contribution in [-0.4, -0.2) is 18.0 Å². The maximum Gasteiger partial charge on any atom is 0.234 e. The van der Waals surface area contributed by atoms with Crippen molar-refractivity contribution < 1.29 is 18.3 Å². The second-order valence-electron chi connectivity index (χ2n) is 6.32. The molecule has 1 amide bonds. The van der Waals surface area contributed by atoms with E-state index in [1.807, 2.05) is 18.2 Å². The van der Waals surface area contributed by atoms with Gasteiger partial charge < -0.3 is 15.0 Å². The first-order chi connectivity index (χ1) is 11.8. The predicted molar refractivity (Wildman–Crippen MR) is 92.9 cm³/mol. The molecule has 0 aliphatic heterocycles. The van der Waals surface area contributed by atoms with E-state index in [0.717, 1.165) is 28.6 Å². The minimum Gasteiger partial charge on any atom is -0.497 e. The summed E-state index contributed by atoms with van der Waals surface area (Å²) < 4.78 is 32.1. The van der Waals surface area contributed by atoms with Crippen LogP contribution in [0.1, 0.15) is 19.4 Å². The summed E-state index contributed by atoms with van der Waals surface area (Å²) in [7, 11) is 1.57. The molecule has 25 heavy (non-hydrogen) atoms. The maximum atomic E-state index is 13.8. The average molecular weight is 344 g/mol. The van der Waals surface area contributed by atoms with Crippen molar-refractivity contribution in [3.05, 3.63) is 59.8 Å². The summed E-state index contributed by atoms with van der Waals surface area (Å²) in [5.41, 5.74) is 0.605. The molecule has 0 aliphatic carbocycles. The van der Waals surface area contributed by atoms with Gasteiger partial charge in [0.2, 0.25) is 5.91 Å². The first-order valence-electron chi connectivity index (χ1n) is 7.75. The van der Waals surface area contributed by atoms with Crippen LogP contribution in [0.2, 0.25) is 0 Å². The largest absolute Gasteiger partial charge is 0.497 e. The van der Waals surface area contributed by atoms with Crippen LogP contribution in [0, 0.1) is 11.6 Å². The Bertz CT molecular complexity index is 948. The van der Waals surface area contributed by atoms with E-state index in [-0.39, 0.29) is 5.69 Å². The van der Waals surface area contributed by atoms with Gasteiger partial charge in [-0.3, -0.25) is 4.79 Å². The van der Waals surface area contributed by atoms with Gasteiger partial charge in [-0.2, -0.15) is 0 Å². The highest BCUT2D eigenvalue weighted by Gasteiger charge is 2.33. The molecule has 3 rings (SSSR count). The number of aromatic amines is 1. The number of amides is 1. The van der Waals surface area contributed by atoms with Crippen LogP contribution in [0.5, 0.6) is 5.75 Å². The minimum atomic E-state index is -0.953. The fraction of sp³-hybridized carbons (Fsp3) is 0.211. The molecule has 0 radical (unpaired) electrons. The number of carbonyl (C=O) groups is 1. The molecule has 0 saturated heterocycles. The van der Waals surface area contributed by atoms with Crippen molar-refractivity contribution in [1.82, 2.24) is 4.98 Å². The van der Waals surface area contributed by atoms with Gasteiger partial charge in [0.25, 0.3) is 0 Å². The van der Waals surface area contributed by atoms with Gasteiger partial charge in [0.05, 0.1) is 18.2 Å². The molecule has 6 heteroatoms. The summed E-state index contributed by atoms with van der Waals surface area (Å²) in [5.74, 6) is -1.24. The van der Waals surface area contributed by atoms with E-state index in [9.17, 15) is 13.6 Å². The lowest BCUT2D eigenvalue weighted by Gasteiger charge is -2.23. The normalized spacial score (nSPS) is 11.6. The summed E-state index contributed by atoms with van der Waals surface area (Å²) in [6, 6.07) is 8.57. The number of hydrogen-bond acceptors (Lipinski definition) is 2. The summed E-state index contributed by atoms with van der Waals surface area (Å²) in [6.07, 6.45) is 1.75. The number of fused-ring (bicyclic) bond motifs is 1. The lowest BCUT2D eigenvalue weighted by molar-refractivity contribution is -0.120. The monoisotopic (exact) mass is 344 g/mol. The SMILES string of the molecule is COc1ccc2[nH]cc(C(C)(C)C(=O)Nc3ccc(F)cc3F)c2c1. The molecule has 0 bridgehead atoms. The van der Waals surface area contributed by atoms with Crippen molar-refractivity contribution in [2.45, 2.75) is 19.3 Å².